The molecule has 1 heterocycles. The standard InChI is InChI=1S/C10H9N2O/c13-12-7-8-5-6-11-10-4-2-1-3-9(8)10/h1-5,7,13H,6H2/b12-7-. The zero-order chi connectivity index (χ0) is 9.10. The summed E-state index contributed by atoms with van der Waals surface area (Å²) >= 11 is 0. The summed E-state index contributed by atoms with van der Waals surface area (Å²) in [6, 6.07) is 7.80. The molecule has 3 nitrogen and oxygen atoms in total. The average molecular weight is 173 g/mol. The summed E-state index contributed by atoms with van der Waals surface area (Å²) in [5.41, 5.74) is 2.90. The first-order valence-corrected chi connectivity index (χ1v) is 4.06. The Morgan fingerprint density at radius 1 is 1.38 bits per heavy atom. The Bertz CT molecular complexity index is 369. The smallest absolute Gasteiger partial charge is 0.0738 e. The molecule has 1 radical (unpaired) electrons. The average Bonchev–Trinajstić information content (AvgIpc) is 2.19. The van der Waals surface area contributed by atoms with Crippen LogP contribution in [0.4, 0.5) is 5.69 Å². The lowest BCUT2D eigenvalue weighted by Crippen LogP contribution is -2.07. The van der Waals surface area contributed by atoms with Gasteiger partial charge >= 0.3 is 0 Å². The van der Waals surface area contributed by atoms with Crippen molar-refractivity contribution in [2.75, 3.05) is 6.54 Å². The van der Waals surface area contributed by atoms with E-state index in [0.29, 0.717) is 6.54 Å². The molecular formula is C10H9N2O. The van der Waals surface area contributed by atoms with E-state index < -0.39 is 0 Å². The lowest BCUT2D eigenvalue weighted by molar-refractivity contribution is 0.322. The summed E-state index contributed by atoms with van der Waals surface area (Å²) in [5, 5.41) is 15.8. The molecule has 0 bridgehead atoms. The number of rotatable bonds is 1. The first-order valence-electron chi connectivity index (χ1n) is 4.06. The Morgan fingerprint density at radius 3 is 3.08 bits per heavy atom. The minimum absolute atomic E-state index is 0.651. The van der Waals surface area contributed by atoms with Crippen molar-refractivity contribution >= 4 is 17.5 Å². The minimum atomic E-state index is 0.651. The monoisotopic (exact) mass is 173 g/mol. The molecule has 1 N–H and O–H groups in total. The Kier molecular flexibility index (Phi) is 2.00. The lowest BCUT2D eigenvalue weighted by Gasteiger charge is -2.13. The molecule has 2 rings (SSSR count). The number of benzene rings is 1. The Hall–Kier alpha value is -1.77. The second kappa shape index (κ2) is 3.31. The van der Waals surface area contributed by atoms with Gasteiger partial charge in [-0.1, -0.05) is 29.4 Å². The van der Waals surface area contributed by atoms with E-state index in [2.05, 4.69) is 10.5 Å². The van der Waals surface area contributed by atoms with Gasteiger partial charge in [-0.2, -0.15) is 0 Å². The maximum Gasteiger partial charge on any atom is 0.0738 e. The van der Waals surface area contributed by atoms with E-state index in [-0.39, 0.29) is 0 Å². The summed E-state index contributed by atoms with van der Waals surface area (Å²) in [5.74, 6) is 0. The van der Waals surface area contributed by atoms with Crippen LogP contribution in [0.15, 0.2) is 35.5 Å². The molecule has 13 heavy (non-hydrogen) atoms. The first kappa shape index (κ1) is 7.86. The zero-order valence-electron chi connectivity index (χ0n) is 7.01. The van der Waals surface area contributed by atoms with E-state index in [1.54, 1.807) is 0 Å². The number of hydrogen-bond acceptors (Lipinski definition) is 2. The third kappa shape index (κ3) is 1.40. The molecule has 0 saturated heterocycles. The summed E-state index contributed by atoms with van der Waals surface area (Å²) in [6.45, 7) is 0.651. The number of oxime groups is 1. The first-order chi connectivity index (χ1) is 6.42. The van der Waals surface area contributed by atoms with Crippen LogP contribution in [0.3, 0.4) is 0 Å². The predicted molar refractivity (Wildman–Crippen MR) is 51.4 cm³/mol. The molecule has 65 valence electrons. The van der Waals surface area contributed by atoms with Crippen molar-refractivity contribution < 1.29 is 5.21 Å². The summed E-state index contributed by atoms with van der Waals surface area (Å²) in [4.78, 5) is 0. The maximum absolute atomic E-state index is 8.44. The molecular weight excluding hydrogens is 164 g/mol. The fourth-order valence-electron chi connectivity index (χ4n) is 1.39. The fraction of sp³-hybridized carbons (Fsp3) is 0.100. The highest BCUT2D eigenvalue weighted by molar-refractivity contribution is 6.11. The predicted octanol–water partition coefficient (Wildman–Crippen LogP) is 1.78. The van der Waals surface area contributed by atoms with Gasteiger partial charge in [0.2, 0.25) is 0 Å². The topological polar surface area (TPSA) is 46.7 Å². The van der Waals surface area contributed by atoms with Gasteiger partial charge in [0.1, 0.15) is 0 Å². The van der Waals surface area contributed by atoms with Crippen LogP contribution < -0.4 is 5.32 Å². The van der Waals surface area contributed by atoms with E-state index in [1.165, 1.54) is 6.21 Å². The van der Waals surface area contributed by atoms with Gasteiger partial charge in [-0.25, -0.2) is 0 Å². The summed E-state index contributed by atoms with van der Waals surface area (Å²) in [7, 11) is 0. The van der Waals surface area contributed by atoms with Crippen molar-refractivity contribution in [2.24, 2.45) is 5.16 Å². The third-order valence-corrected chi connectivity index (χ3v) is 1.98. The van der Waals surface area contributed by atoms with Gasteiger partial charge in [0.25, 0.3) is 0 Å². The molecule has 1 aromatic rings. The second-order valence-electron chi connectivity index (χ2n) is 2.76. The van der Waals surface area contributed by atoms with E-state index >= 15 is 0 Å². The highest BCUT2D eigenvalue weighted by Crippen LogP contribution is 2.25. The van der Waals surface area contributed by atoms with Crippen molar-refractivity contribution in [3.8, 4) is 0 Å². The van der Waals surface area contributed by atoms with Gasteiger partial charge in [0, 0.05) is 11.1 Å². The lowest BCUT2D eigenvalue weighted by atomic mass is 10.0. The van der Waals surface area contributed by atoms with Crippen molar-refractivity contribution in [2.45, 2.75) is 0 Å². The normalized spacial score (nSPS) is 14.9. The molecule has 3 heteroatoms. The van der Waals surface area contributed by atoms with Gasteiger partial charge in [-0.3, -0.25) is 5.32 Å². The minimum Gasteiger partial charge on any atom is -0.411 e. The van der Waals surface area contributed by atoms with Crippen LogP contribution >= 0.6 is 0 Å². The maximum atomic E-state index is 8.44. The fourth-order valence-corrected chi connectivity index (χ4v) is 1.39. The molecule has 0 spiro atoms. The molecule has 0 atom stereocenters. The van der Waals surface area contributed by atoms with Crippen molar-refractivity contribution in [3.05, 3.63) is 35.9 Å². The zero-order valence-corrected chi connectivity index (χ0v) is 7.01. The highest BCUT2D eigenvalue weighted by atomic mass is 16.4. The number of fused-ring (bicyclic) bond motifs is 1. The third-order valence-electron chi connectivity index (χ3n) is 1.98. The molecule has 0 amide bonds. The summed E-state index contributed by atoms with van der Waals surface area (Å²) < 4.78 is 0. The van der Waals surface area contributed by atoms with E-state index in [4.69, 9.17) is 5.21 Å². The SMILES string of the molecule is O/N=C\C1=CC[N]c2ccccc21. The molecule has 0 unspecified atom stereocenters. The number of hydrogen-bond donors (Lipinski definition) is 1. The molecule has 0 aromatic heterocycles. The van der Waals surface area contributed by atoms with Crippen LogP contribution in [0.2, 0.25) is 0 Å². The van der Waals surface area contributed by atoms with Gasteiger partial charge in [0.05, 0.1) is 18.4 Å². The Balaban J connectivity index is 2.47. The van der Waals surface area contributed by atoms with E-state index in [0.717, 1.165) is 16.8 Å². The molecule has 0 saturated carbocycles. The van der Waals surface area contributed by atoms with Gasteiger partial charge < -0.3 is 5.21 Å². The van der Waals surface area contributed by atoms with Crippen molar-refractivity contribution in [1.82, 2.24) is 5.32 Å². The van der Waals surface area contributed by atoms with E-state index in [9.17, 15) is 0 Å². The van der Waals surface area contributed by atoms with Gasteiger partial charge in [0.15, 0.2) is 0 Å². The molecule has 1 aliphatic heterocycles. The molecule has 1 aliphatic rings. The van der Waals surface area contributed by atoms with Gasteiger partial charge in [-0.05, 0) is 6.07 Å². The second-order valence-corrected chi connectivity index (χ2v) is 2.76. The Labute approximate surface area is 76.4 Å². The summed E-state index contributed by atoms with van der Waals surface area (Å²) in [6.07, 6.45) is 3.37. The van der Waals surface area contributed by atoms with Crippen LogP contribution in [-0.4, -0.2) is 18.0 Å². The molecule has 0 aliphatic carbocycles. The van der Waals surface area contributed by atoms with Crippen LogP contribution in [0.1, 0.15) is 5.56 Å². The number of nitrogens with zero attached hydrogens (tertiary/aromatic N) is 2. The quantitative estimate of drug-likeness (QED) is 0.392. The molecule has 0 fully saturated rings. The van der Waals surface area contributed by atoms with Crippen LogP contribution in [0.5, 0.6) is 0 Å². The highest BCUT2D eigenvalue weighted by Gasteiger charge is 2.10. The van der Waals surface area contributed by atoms with Crippen LogP contribution in [0.25, 0.3) is 5.57 Å². The van der Waals surface area contributed by atoms with E-state index in [1.807, 2.05) is 30.3 Å². The molecule has 1 aromatic carbocycles. The van der Waals surface area contributed by atoms with Crippen LogP contribution in [0, 0.1) is 0 Å². The van der Waals surface area contributed by atoms with Crippen molar-refractivity contribution in [1.29, 1.82) is 0 Å². The van der Waals surface area contributed by atoms with Gasteiger partial charge in [-0.15, -0.1) is 0 Å². The number of allylic oxidation sites excluding steroid dienone is 1. The largest absolute Gasteiger partial charge is 0.411 e. The van der Waals surface area contributed by atoms with Crippen LogP contribution in [-0.2, 0) is 0 Å². The number of para-hydroxylation sites is 1. The Morgan fingerprint density at radius 2 is 2.23 bits per heavy atom. The van der Waals surface area contributed by atoms with Crippen molar-refractivity contribution in [3.63, 3.8) is 0 Å².